The van der Waals surface area contributed by atoms with Crippen LogP contribution in [0, 0.1) is 5.92 Å². The van der Waals surface area contributed by atoms with Crippen LogP contribution in [0.25, 0.3) is 6.08 Å². The van der Waals surface area contributed by atoms with Gasteiger partial charge in [-0.1, -0.05) is 54.0 Å². The van der Waals surface area contributed by atoms with Crippen molar-refractivity contribution >= 4 is 45.2 Å². The van der Waals surface area contributed by atoms with E-state index in [0.29, 0.717) is 11.4 Å². The van der Waals surface area contributed by atoms with Crippen molar-refractivity contribution in [1.82, 2.24) is 0 Å². The first kappa shape index (κ1) is 17.9. The maximum Gasteiger partial charge on any atom is 0.248 e. The topological polar surface area (TPSA) is 58.2 Å². The summed E-state index contributed by atoms with van der Waals surface area (Å²) in [6, 6.07) is 14.7. The number of carbonyl (C=O) groups is 2. The van der Waals surface area contributed by atoms with Gasteiger partial charge in [-0.3, -0.25) is 9.59 Å². The molecule has 0 aliphatic rings. The molecule has 2 aromatic rings. The van der Waals surface area contributed by atoms with Crippen molar-refractivity contribution in [2.24, 2.45) is 5.92 Å². The van der Waals surface area contributed by atoms with Crippen molar-refractivity contribution in [1.29, 1.82) is 0 Å². The van der Waals surface area contributed by atoms with Crippen LogP contribution in [-0.4, -0.2) is 11.8 Å². The maximum atomic E-state index is 12.0. The molecule has 2 N–H and O–H groups in total. The van der Waals surface area contributed by atoms with E-state index >= 15 is 0 Å². The molecular formula is C19H19BrN2O2. The minimum absolute atomic E-state index is 0.0627. The highest BCUT2D eigenvalue weighted by Crippen LogP contribution is 2.18. The third-order valence-electron chi connectivity index (χ3n) is 3.24. The van der Waals surface area contributed by atoms with Crippen LogP contribution in [0.1, 0.15) is 19.4 Å². The lowest BCUT2D eigenvalue weighted by molar-refractivity contribution is -0.119. The van der Waals surface area contributed by atoms with Crippen molar-refractivity contribution in [2.75, 3.05) is 10.6 Å². The van der Waals surface area contributed by atoms with Crippen LogP contribution in [0.4, 0.5) is 11.4 Å². The van der Waals surface area contributed by atoms with Gasteiger partial charge < -0.3 is 10.6 Å². The van der Waals surface area contributed by atoms with Crippen LogP contribution >= 0.6 is 15.9 Å². The third kappa shape index (κ3) is 5.35. The fourth-order valence-corrected chi connectivity index (χ4v) is 2.34. The summed E-state index contributed by atoms with van der Waals surface area (Å²) in [5.41, 5.74) is 2.20. The van der Waals surface area contributed by atoms with E-state index in [-0.39, 0.29) is 17.7 Å². The van der Waals surface area contributed by atoms with E-state index in [2.05, 4.69) is 26.6 Å². The number of benzene rings is 2. The normalized spacial score (nSPS) is 10.8. The maximum absolute atomic E-state index is 12.0. The lowest BCUT2D eigenvalue weighted by atomic mass is 10.2. The van der Waals surface area contributed by atoms with Crippen molar-refractivity contribution in [3.63, 3.8) is 0 Å². The summed E-state index contributed by atoms with van der Waals surface area (Å²) in [6.45, 7) is 3.65. The molecule has 0 aromatic heterocycles. The van der Waals surface area contributed by atoms with Gasteiger partial charge in [0.25, 0.3) is 0 Å². The molecule has 2 amide bonds. The molecule has 0 saturated carbocycles. The Bertz CT molecular complexity index is 769. The van der Waals surface area contributed by atoms with Crippen molar-refractivity contribution in [3.05, 3.63) is 64.6 Å². The molecule has 0 unspecified atom stereocenters. The third-order valence-corrected chi connectivity index (χ3v) is 3.96. The van der Waals surface area contributed by atoms with Gasteiger partial charge >= 0.3 is 0 Å². The van der Waals surface area contributed by atoms with Gasteiger partial charge in [-0.05, 0) is 35.9 Å². The molecule has 124 valence electrons. The van der Waals surface area contributed by atoms with Gasteiger partial charge in [0.2, 0.25) is 11.8 Å². The zero-order valence-electron chi connectivity index (χ0n) is 13.5. The summed E-state index contributed by atoms with van der Waals surface area (Å²) in [7, 11) is 0. The Morgan fingerprint density at radius 1 is 1.00 bits per heavy atom. The van der Waals surface area contributed by atoms with Gasteiger partial charge in [0.05, 0.1) is 0 Å². The Morgan fingerprint density at radius 2 is 1.67 bits per heavy atom. The zero-order chi connectivity index (χ0) is 17.5. The molecule has 24 heavy (non-hydrogen) atoms. The first-order valence-electron chi connectivity index (χ1n) is 7.60. The summed E-state index contributed by atoms with van der Waals surface area (Å²) in [5.74, 6) is -0.402. The SMILES string of the molecule is CC(C)C(=O)Nc1cccc(NC(=O)/C=C/c2ccccc2Br)c1. The Kier molecular flexibility index (Phi) is 6.32. The molecule has 4 nitrogen and oxygen atoms in total. The van der Waals surface area contributed by atoms with Crippen LogP contribution in [0.2, 0.25) is 0 Å². The van der Waals surface area contributed by atoms with Crippen molar-refractivity contribution in [3.8, 4) is 0 Å². The highest BCUT2D eigenvalue weighted by atomic mass is 79.9. The molecule has 2 rings (SSSR count). The van der Waals surface area contributed by atoms with Crippen LogP contribution in [0.5, 0.6) is 0 Å². The monoisotopic (exact) mass is 386 g/mol. The fraction of sp³-hybridized carbons (Fsp3) is 0.158. The second-order valence-electron chi connectivity index (χ2n) is 5.57. The lowest BCUT2D eigenvalue weighted by Crippen LogP contribution is -2.17. The molecule has 0 fully saturated rings. The van der Waals surface area contributed by atoms with Crippen LogP contribution in [-0.2, 0) is 9.59 Å². The van der Waals surface area contributed by atoms with Crippen molar-refractivity contribution in [2.45, 2.75) is 13.8 Å². The molecule has 0 aliphatic carbocycles. The molecule has 0 saturated heterocycles. The highest BCUT2D eigenvalue weighted by molar-refractivity contribution is 9.10. The average Bonchev–Trinajstić information content (AvgIpc) is 2.54. The van der Waals surface area contributed by atoms with Gasteiger partial charge in [0, 0.05) is 27.8 Å². The number of amides is 2. The minimum atomic E-state index is -0.238. The molecule has 0 aliphatic heterocycles. The molecule has 0 heterocycles. The first-order valence-corrected chi connectivity index (χ1v) is 8.39. The molecule has 0 bridgehead atoms. The lowest BCUT2D eigenvalue weighted by Gasteiger charge is -2.09. The van der Waals surface area contributed by atoms with E-state index < -0.39 is 0 Å². The number of anilines is 2. The molecule has 5 heteroatoms. The van der Waals surface area contributed by atoms with Crippen LogP contribution < -0.4 is 10.6 Å². The molecule has 0 spiro atoms. The Morgan fingerprint density at radius 3 is 2.33 bits per heavy atom. The standard InChI is InChI=1S/C19H19BrN2O2/c1-13(2)19(24)22-16-8-5-7-15(12-16)21-18(23)11-10-14-6-3-4-9-17(14)20/h3-13H,1-2H3,(H,21,23)(H,22,24)/b11-10+. The van der Waals surface area contributed by atoms with E-state index in [1.165, 1.54) is 6.08 Å². The second kappa shape index (κ2) is 8.45. The average molecular weight is 387 g/mol. The summed E-state index contributed by atoms with van der Waals surface area (Å²) in [5, 5.41) is 5.59. The van der Waals surface area contributed by atoms with Gasteiger partial charge in [-0.2, -0.15) is 0 Å². The van der Waals surface area contributed by atoms with E-state index in [9.17, 15) is 9.59 Å². The van der Waals surface area contributed by atoms with Gasteiger partial charge in [0.1, 0.15) is 0 Å². The second-order valence-corrected chi connectivity index (χ2v) is 6.42. The minimum Gasteiger partial charge on any atom is -0.326 e. The number of nitrogens with one attached hydrogen (secondary N) is 2. The highest BCUT2D eigenvalue weighted by Gasteiger charge is 2.07. The van der Waals surface area contributed by atoms with Crippen LogP contribution in [0.3, 0.4) is 0 Å². The quantitative estimate of drug-likeness (QED) is 0.731. The number of hydrogen-bond donors (Lipinski definition) is 2. The summed E-state index contributed by atoms with van der Waals surface area (Å²) in [4.78, 5) is 23.8. The number of rotatable bonds is 5. The molecule has 2 aromatic carbocycles. The predicted molar refractivity (Wildman–Crippen MR) is 102 cm³/mol. The van der Waals surface area contributed by atoms with E-state index in [4.69, 9.17) is 0 Å². The first-order chi connectivity index (χ1) is 11.5. The van der Waals surface area contributed by atoms with E-state index in [1.54, 1.807) is 30.3 Å². The Labute approximate surface area is 150 Å². The van der Waals surface area contributed by atoms with E-state index in [0.717, 1.165) is 10.0 Å². The van der Waals surface area contributed by atoms with Gasteiger partial charge in [-0.15, -0.1) is 0 Å². The largest absolute Gasteiger partial charge is 0.326 e. The van der Waals surface area contributed by atoms with Crippen LogP contribution in [0.15, 0.2) is 59.1 Å². The van der Waals surface area contributed by atoms with Crippen molar-refractivity contribution < 1.29 is 9.59 Å². The number of carbonyl (C=O) groups excluding carboxylic acids is 2. The molecule has 0 atom stereocenters. The smallest absolute Gasteiger partial charge is 0.248 e. The number of halogens is 1. The number of hydrogen-bond acceptors (Lipinski definition) is 2. The van der Waals surface area contributed by atoms with E-state index in [1.807, 2.05) is 38.1 Å². The summed E-state index contributed by atoms with van der Waals surface area (Å²) >= 11 is 3.43. The van der Waals surface area contributed by atoms with Gasteiger partial charge in [0.15, 0.2) is 0 Å². The zero-order valence-corrected chi connectivity index (χ0v) is 15.1. The molecule has 0 radical (unpaired) electrons. The Hall–Kier alpha value is -2.40. The summed E-state index contributed by atoms with van der Waals surface area (Å²) < 4.78 is 0.924. The Balaban J connectivity index is 2.01. The fourth-order valence-electron chi connectivity index (χ4n) is 1.92. The van der Waals surface area contributed by atoms with Gasteiger partial charge in [-0.25, -0.2) is 0 Å². The molecular weight excluding hydrogens is 368 g/mol. The summed E-state index contributed by atoms with van der Waals surface area (Å²) in [6.07, 6.45) is 3.21. The predicted octanol–water partition coefficient (Wildman–Crippen LogP) is 4.70.